The van der Waals surface area contributed by atoms with Crippen LogP contribution in [0.1, 0.15) is 39.2 Å². The highest BCUT2D eigenvalue weighted by atomic mass is 16.5. The van der Waals surface area contributed by atoms with Gasteiger partial charge in [0, 0.05) is 25.9 Å². The number of carbonyl (C=O) groups is 2. The van der Waals surface area contributed by atoms with Crippen LogP contribution in [0.4, 0.5) is 4.79 Å². The maximum Gasteiger partial charge on any atom is 0.408 e. The average molecular weight is 455 g/mol. The second kappa shape index (κ2) is 12.1. The predicted octanol–water partition coefficient (Wildman–Crippen LogP) is 4.41. The molecule has 0 unspecified atom stereocenters. The number of nitrogens with zero attached hydrogens (tertiary/aromatic N) is 1. The number of likely N-dealkylation sites (tertiary alicyclic amines) is 1. The quantitative estimate of drug-likeness (QED) is 0.608. The van der Waals surface area contributed by atoms with Crippen LogP contribution >= 0.6 is 0 Å². The lowest BCUT2D eigenvalue weighted by Crippen LogP contribution is -2.53. The van der Waals surface area contributed by atoms with Gasteiger partial charge in [0.05, 0.1) is 6.61 Å². The Morgan fingerprint density at radius 2 is 1.64 bits per heavy atom. The van der Waals surface area contributed by atoms with E-state index in [1.54, 1.807) is 4.90 Å². The number of alkyl carbamates (subject to hydrolysis) is 1. The van der Waals surface area contributed by atoms with Crippen molar-refractivity contribution in [1.82, 2.24) is 10.2 Å². The van der Waals surface area contributed by atoms with E-state index in [2.05, 4.69) is 5.32 Å². The van der Waals surface area contributed by atoms with Gasteiger partial charge in [-0.25, -0.2) is 4.79 Å². The molecule has 1 fully saturated rings. The molecule has 1 N–H and O–H groups in total. The average Bonchev–Trinajstić information content (AvgIpc) is 2.83. The number of hydrogen-bond acceptors (Lipinski definition) is 5. The molecule has 1 atom stereocenters. The Hall–Kier alpha value is -3.22. The lowest BCUT2D eigenvalue weighted by molar-refractivity contribution is -0.136. The van der Waals surface area contributed by atoms with E-state index in [-0.39, 0.29) is 24.5 Å². The summed E-state index contributed by atoms with van der Waals surface area (Å²) in [6, 6.07) is 16.5. The van der Waals surface area contributed by atoms with Crippen LogP contribution in [0, 0.1) is 5.92 Å². The molecule has 7 nitrogen and oxygen atoms in total. The molecule has 2 aromatic carbocycles. The highest BCUT2D eigenvalue weighted by Crippen LogP contribution is 2.29. The summed E-state index contributed by atoms with van der Waals surface area (Å²) < 4.78 is 17.1. The van der Waals surface area contributed by atoms with Gasteiger partial charge in [0.2, 0.25) is 5.91 Å². The van der Waals surface area contributed by atoms with E-state index in [1.165, 1.54) is 0 Å². The van der Waals surface area contributed by atoms with Gasteiger partial charge >= 0.3 is 6.09 Å². The van der Waals surface area contributed by atoms with Crippen molar-refractivity contribution in [3.63, 3.8) is 0 Å². The van der Waals surface area contributed by atoms with E-state index in [0.29, 0.717) is 19.7 Å². The first-order chi connectivity index (χ1) is 16.0. The van der Waals surface area contributed by atoms with E-state index in [1.807, 2.05) is 75.4 Å². The van der Waals surface area contributed by atoms with Crippen LogP contribution in [0.2, 0.25) is 0 Å². The molecule has 2 aromatic rings. The molecule has 0 radical (unpaired) electrons. The summed E-state index contributed by atoms with van der Waals surface area (Å²) in [4.78, 5) is 27.3. The van der Waals surface area contributed by atoms with Crippen LogP contribution in [0.25, 0.3) is 0 Å². The molecule has 0 aliphatic carbocycles. The van der Waals surface area contributed by atoms with Gasteiger partial charge in [0.25, 0.3) is 0 Å². The lowest BCUT2D eigenvalue weighted by Gasteiger charge is -2.35. The molecule has 2 amide bonds. The molecule has 0 aromatic heterocycles. The zero-order valence-corrected chi connectivity index (χ0v) is 19.7. The molecular weight excluding hydrogens is 420 g/mol. The largest absolute Gasteiger partial charge is 0.490 e. The van der Waals surface area contributed by atoms with Gasteiger partial charge in [-0.2, -0.15) is 0 Å². The number of amides is 2. The minimum absolute atomic E-state index is 0.0111. The fraction of sp³-hybridized carbons (Fsp3) is 0.462. The van der Waals surface area contributed by atoms with Crippen molar-refractivity contribution >= 4 is 12.0 Å². The maximum absolute atomic E-state index is 13.1. The van der Waals surface area contributed by atoms with E-state index in [9.17, 15) is 9.59 Å². The number of nitrogens with one attached hydrogen (secondary N) is 1. The molecular formula is C26H34N2O5. The molecule has 1 saturated heterocycles. The van der Waals surface area contributed by atoms with E-state index >= 15 is 0 Å². The minimum Gasteiger partial charge on any atom is -0.490 e. The van der Waals surface area contributed by atoms with E-state index in [4.69, 9.17) is 14.2 Å². The molecule has 1 aliphatic rings. The van der Waals surface area contributed by atoms with Crippen molar-refractivity contribution in [2.75, 3.05) is 19.7 Å². The van der Waals surface area contributed by atoms with Crippen molar-refractivity contribution in [2.24, 2.45) is 5.92 Å². The highest BCUT2D eigenvalue weighted by molar-refractivity contribution is 5.86. The summed E-state index contributed by atoms with van der Waals surface area (Å²) in [7, 11) is 0. The second-order valence-electron chi connectivity index (χ2n) is 8.45. The van der Waals surface area contributed by atoms with Crippen LogP contribution in [-0.4, -0.2) is 48.7 Å². The first-order valence-corrected chi connectivity index (χ1v) is 11.6. The van der Waals surface area contributed by atoms with Crippen molar-refractivity contribution in [1.29, 1.82) is 0 Å². The van der Waals surface area contributed by atoms with E-state index in [0.717, 1.165) is 29.9 Å². The Balaban J connectivity index is 1.50. The van der Waals surface area contributed by atoms with Gasteiger partial charge < -0.3 is 24.4 Å². The zero-order chi connectivity index (χ0) is 23.6. The molecule has 178 valence electrons. The number of benzene rings is 2. The van der Waals surface area contributed by atoms with Gasteiger partial charge in [-0.3, -0.25) is 4.79 Å². The summed E-state index contributed by atoms with van der Waals surface area (Å²) in [5.41, 5.74) is 0.896. The Morgan fingerprint density at radius 3 is 2.27 bits per heavy atom. The summed E-state index contributed by atoms with van der Waals surface area (Å²) >= 11 is 0. The van der Waals surface area contributed by atoms with Crippen LogP contribution < -0.4 is 14.8 Å². The third-order valence-electron chi connectivity index (χ3n) is 5.62. The second-order valence-corrected chi connectivity index (χ2v) is 8.45. The maximum atomic E-state index is 13.1. The summed E-state index contributed by atoms with van der Waals surface area (Å²) in [5.74, 6) is 1.31. The molecule has 1 aliphatic heterocycles. The van der Waals surface area contributed by atoms with Crippen molar-refractivity contribution in [3.05, 3.63) is 60.2 Å². The van der Waals surface area contributed by atoms with Crippen LogP contribution in [0.5, 0.6) is 11.5 Å². The first kappa shape index (κ1) is 24.4. The van der Waals surface area contributed by atoms with Gasteiger partial charge in [0.15, 0.2) is 11.5 Å². The normalized spacial score (nSPS) is 15.1. The molecule has 0 saturated carbocycles. The number of rotatable bonds is 9. The molecule has 0 bridgehead atoms. The first-order valence-electron chi connectivity index (χ1n) is 11.6. The molecule has 7 heteroatoms. The number of hydrogen-bond donors (Lipinski definition) is 1. The zero-order valence-electron chi connectivity index (χ0n) is 19.7. The predicted molar refractivity (Wildman–Crippen MR) is 126 cm³/mol. The number of carbonyl (C=O) groups excluding carboxylic acids is 2. The Labute approximate surface area is 196 Å². The van der Waals surface area contributed by atoms with Crippen molar-refractivity contribution in [3.8, 4) is 11.5 Å². The Bertz CT molecular complexity index is 895. The van der Waals surface area contributed by atoms with Crippen LogP contribution in [-0.2, 0) is 16.1 Å². The van der Waals surface area contributed by atoms with Gasteiger partial charge in [-0.15, -0.1) is 0 Å². The van der Waals surface area contributed by atoms with Crippen molar-refractivity contribution in [2.45, 2.75) is 52.4 Å². The summed E-state index contributed by atoms with van der Waals surface area (Å²) in [5, 5.41) is 2.76. The third kappa shape index (κ3) is 7.14. The van der Waals surface area contributed by atoms with Crippen LogP contribution in [0.3, 0.4) is 0 Å². The monoisotopic (exact) mass is 454 g/mol. The van der Waals surface area contributed by atoms with E-state index < -0.39 is 12.1 Å². The Kier molecular flexibility index (Phi) is 8.98. The van der Waals surface area contributed by atoms with Gasteiger partial charge in [-0.1, -0.05) is 56.3 Å². The smallest absolute Gasteiger partial charge is 0.408 e. The number of ether oxygens (including phenoxy) is 3. The third-order valence-corrected chi connectivity index (χ3v) is 5.62. The van der Waals surface area contributed by atoms with Gasteiger partial charge in [-0.05, 0) is 30.5 Å². The molecule has 1 heterocycles. The molecule has 3 rings (SSSR count). The standard InChI is InChI=1S/C26H34N2O5/c1-4-31-22-12-8-9-13-23(22)33-21-14-16-28(17-15-21)25(29)24(19(2)3)27-26(30)32-18-20-10-6-5-7-11-20/h5-13,19,21,24H,4,14-18H2,1-3H3,(H,27,30)/t24-/m0/s1. The minimum atomic E-state index is -0.635. The number of piperidine rings is 1. The number of para-hydroxylation sites is 2. The fourth-order valence-electron chi connectivity index (χ4n) is 3.80. The fourth-order valence-corrected chi connectivity index (χ4v) is 3.80. The molecule has 0 spiro atoms. The van der Waals surface area contributed by atoms with Crippen molar-refractivity contribution < 1.29 is 23.8 Å². The van der Waals surface area contributed by atoms with Gasteiger partial charge in [0.1, 0.15) is 18.8 Å². The summed E-state index contributed by atoms with van der Waals surface area (Å²) in [6.07, 6.45) is 0.860. The topological polar surface area (TPSA) is 77.1 Å². The summed E-state index contributed by atoms with van der Waals surface area (Å²) in [6.45, 7) is 7.66. The SMILES string of the molecule is CCOc1ccccc1OC1CCN(C(=O)[C@@H](NC(=O)OCc2ccccc2)C(C)C)CC1. The highest BCUT2D eigenvalue weighted by Gasteiger charge is 2.32. The lowest BCUT2D eigenvalue weighted by atomic mass is 10.0. The van der Waals surface area contributed by atoms with Crippen LogP contribution in [0.15, 0.2) is 54.6 Å². The Morgan fingerprint density at radius 1 is 1.00 bits per heavy atom. The molecule has 33 heavy (non-hydrogen) atoms.